The maximum absolute atomic E-state index is 11.5. The Morgan fingerprint density at radius 2 is 2.05 bits per heavy atom. The van der Waals surface area contributed by atoms with E-state index in [0.29, 0.717) is 25.7 Å². The summed E-state index contributed by atoms with van der Waals surface area (Å²) in [5, 5.41) is 4.89. The Balaban J connectivity index is 2.08. The normalized spacial score (nSPS) is 19.1. The third-order valence-corrected chi connectivity index (χ3v) is 4.77. The first kappa shape index (κ1) is 16.4. The first-order valence-electron chi connectivity index (χ1n) is 6.70. The van der Waals surface area contributed by atoms with E-state index in [9.17, 15) is 13.2 Å². The molecule has 1 unspecified atom stereocenters. The molecule has 1 rings (SSSR count). The van der Waals surface area contributed by atoms with E-state index in [-0.39, 0.29) is 0 Å². The molecule has 7 heteroatoms. The molecule has 1 saturated heterocycles. The summed E-state index contributed by atoms with van der Waals surface area (Å²) in [6.45, 7) is 4.43. The summed E-state index contributed by atoms with van der Waals surface area (Å²) in [4.78, 5) is 11.5. The lowest BCUT2D eigenvalue weighted by molar-refractivity contribution is -0.120. The number of ether oxygens (including phenoxy) is 1. The highest BCUT2D eigenvalue weighted by atomic mass is 32.2. The molecule has 112 valence electrons. The largest absolute Gasteiger partial charge is 0.378 e. The maximum Gasteiger partial charge on any atom is 0.238 e. The Bertz CT molecular complexity index is 377. The Labute approximate surface area is 115 Å². The van der Waals surface area contributed by atoms with Gasteiger partial charge in [-0.2, -0.15) is 0 Å². The van der Waals surface area contributed by atoms with Crippen molar-refractivity contribution in [1.82, 2.24) is 10.6 Å². The first-order chi connectivity index (χ1) is 8.91. The predicted octanol–water partition coefficient (Wildman–Crippen LogP) is -0.306. The van der Waals surface area contributed by atoms with Gasteiger partial charge in [0.05, 0.1) is 6.10 Å². The summed E-state index contributed by atoms with van der Waals surface area (Å²) >= 11 is 0. The quantitative estimate of drug-likeness (QED) is 0.629. The number of sulfone groups is 1. The second-order valence-electron chi connectivity index (χ2n) is 4.94. The molecule has 2 N–H and O–H groups in total. The second kappa shape index (κ2) is 7.81. The van der Waals surface area contributed by atoms with Crippen LogP contribution >= 0.6 is 0 Å². The Morgan fingerprint density at radius 3 is 2.63 bits per heavy atom. The van der Waals surface area contributed by atoms with Crippen LogP contribution in [0.5, 0.6) is 0 Å². The molecule has 1 heterocycles. The van der Waals surface area contributed by atoms with Crippen molar-refractivity contribution in [3.63, 3.8) is 0 Å². The summed E-state index contributed by atoms with van der Waals surface area (Å²) in [6.07, 6.45) is 4.13. The molecule has 1 amide bonds. The van der Waals surface area contributed by atoms with Crippen molar-refractivity contribution in [3.05, 3.63) is 0 Å². The van der Waals surface area contributed by atoms with E-state index in [2.05, 4.69) is 10.6 Å². The van der Waals surface area contributed by atoms with Gasteiger partial charge in [0, 0.05) is 19.4 Å². The molecule has 1 aliphatic heterocycles. The smallest absolute Gasteiger partial charge is 0.238 e. The van der Waals surface area contributed by atoms with Gasteiger partial charge in [-0.3, -0.25) is 4.79 Å². The van der Waals surface area contributed by atoms with Crippen molar-refractivity contribution in [2.24, 2.45) is 0 Å². The SMILES string of the molecule is CC(C(=O)NCCCOC1CCNCC1)S(C)(=O)=O. The van der Waals surface area contributed by atoms with Crippen LogP contribution < -0.4 is 10.6 Å². The topological polar surface area (TPSA) is 84.5 Å². The molecule has 0 aromatic carbocycles. The molecule has 0 aromatic heterocycles. The lowest BCUT2D eigenvalue weighted by atomic mass is 10.1. The van der Waals surface area contributed by atoms with Gasteiger partial charge in [-0.05, 0) is 39.3 Å². The monoisotopic (exact) mass is 292 g/mol. The van der Waals surface area contributed by atoms with Gasteiger partial charge < -0.3 is 15.4 Å². The minimum absolute atomic E-state index is 0.312. The number of rotatable bonds is 7. The summed E-state index contributed by atoms with van der Waals surface area (Å²) in [7, 11) is -3.31. The van der Waals surface area contributed by atoms with Crippen LogP contribution in [0.4, 0.5) is 0 Å². The Morgan fingerprint density at radius 1 is 1.42 bits per heavy atom. The van der Waals surface area contributed by atoms with Crippen LogP contribution in [-0.2, 0) is 19.4 Å². The molecule has 0 radical (unpaired) electrons. The van der Waals surface area contributed by atoms with E-state index in [1.165, 1.54) is 6.92 Å². The van der Waals surface area contributed by atoms with Crippen LogP contribution in [0, 0.1) is 0 Å². The highest BCUT2D eigenvalue weighted by molar-refractivity contribution is 7.92. The molecule has 19 heavy (non-hydrogen) atoms. The van der Waals surface area contributed by atoms with E-state index in [0.717, 1.165) is 32.2 Å². The zero-order chi connectivity index (χ0) is 14.3. The van der Waals surface area contributed by atoms with E-state index >= 15 is 0 Å². The van der Waals surface area contributed by atoms with E-state index < -0.39 is 21.0 Å². The number of carbonyl (C=O) groups is 1. The summed E-state index contributed by atoms with van der Waals surface area (Å²) in [6, 6.07) is 0. The maximum atomic E-state index is 11.5. The van der Waals surface area contributed by atoms with Gasteiger partial charge in [0.1, 0.15) is 5.25 Å². The van der Waals surface area contributed by atoms with Gasteiger partial charge in [-0.25, -0.2) is 8.42 Å². The van der Waals surface area contributed by atoms with Crippen LogP contribution in [0.2, 0.25) is 0 Å². The van der Waals surface area contributed by atoms with Crippen molar-refractivity contribution in [2.75, 3.05) is 32.5 Å². The predicted molar refractivity (Wildman–Crippen MR) is 73.8 cm³/mol. The van der Waals surface area contributed by atoms with Gasteiger partial charge in [-0.15, -0.1) is 0 Å². The van der Waals surface area contributed by atoms with Crippen LogP contribution in [0.15, 0.2) is 0 Å². The molecule has 0 aliphatic carbocycles. The molecule has 1 atom stereocenters. The number of carbonyl (C=O) groups excluding carboxylic acids is 1. The van der Waals surface area contributed by atoms with E-state index in [1.54, 1.807) is 0 Å². The van der Waals surface area contributed by atoms with Crippen LogP contribution in [0.25, 0.3) is 0 Å². The fraction of sp³-hybridized carbons (Fsp3) is 0.917. The first-order valence-corrected chi connectivity index (χ1v) is 8.65. The summed E-state index contributed by atoms with van der Waals surface area (Å²) < 4.78 is 28.0. The summed E-state index contributed by atoms with van der Waals surface area (Å²) in [5.74, 6) is -0.440. The van der Waals surface area contributed by atoms with Gasteiger partial charge in [0.2, 0.25) is 5.91 Å². The minimum atomic E-state index is -3.31. The van der Waals surface area contributed by atoms with E-state index in [1.807, 2.05) is 0 Å². The zero-order valence-corrected chi connectivity index (χ0v) is 12.5. The average Bonchev–Trinajstić information content (AvgIpc) is 2.37. The van der Waals surface area contributed by atoms with Gasteiger partial charge >= 0.3 is 0 Å². The molecule has 6 nitrogen and oxygen atoms in total. The van der Waals surface area contributed by atoms with Crippen LogP contribution in [0.1, 0.15) is 26.2 Å². The number of amides is 1. The number of piperidine rings is 1. The molecular formula is C12H24N2O4S. The third kappa shape index (κ3) is 6.35. The van der Waals surface area contributed by atoms with Crippen molar-refractivity contribution in [3.8, 4) is 0 Å². The number of hydrogen-bond acceptors (Lipinski definition) is 5. The molecular weight excluding hydrogens is 268 g/mol. The molecule has 0 bridgehead atoms. The summed E-state index contributed by atoms with van der Waals surface area (Å²) in [5.41, 5.74) is 0. The molecule has 1 aliphatic rings. The Kier molecular flexibility index (Phi) is 6.74. The molecule has 0 spiro atoms. The van der Waals surface area contributed by atoms with Crippen molar-refractivity contribution in [2.45, 2.75) is 37.5 Å². The molecule has 1 fully saturated rings. The lowest BCUT2D eigenvalue weighted by Crippen LogP contribution is -2.38. The van der Waals surface area contributed by atoms with Crippen molar-refractivity contribution >= 4 is 15.7 Å². The highest BCUT2D eigenvalue weighted by Gasteiger charge is 2.22. The average molecular weight is 292 g/mol. The second-order valence-corrected chi connectivity index (χ2v) is 7.30. The van der Waals surface area contributed by atoms with E-state index in [4.69, 9.17) is 4.74 Å². The zero-order valence-electron chi connectivity index (χ0n) is 11.6. The number of nitrogens with one attached hydrogen (secondary N) is 2. The van der Waals surface area contributed by atoms with Gasteiger partial charge in [0.15, 0.2) is 9.84 Å². The minimum Gasteiger partial charge on any atom is -0.378 e. The molecule has 0 saturated carbocycles. The van der Waals surface area contributed by atoms with Gasteiger partial charge in [0.25, 0.3) is 0 Å². The van der Waals surface area contributed by atoms with Crippen molar-refractivity contribution in [1.29, 1.82) is 0 Å². The van der Waals surface area contributed by atoms with Crippen molar-refractivity contribution < 1.29 is 17.9 Å². The fourth-order valence-electron chi connectivity index (χ4n) is 1.83. The van der Waals surface area contributed by atoms with Crippen LogP contribution in [0.3, 0.4) is 0 Å². The lowest BCUT2D eigenvalue weighted by Gasteiger charge is -2.22. The molecule has 0 aromatic rings. The standard InChI is InChI=1S/C12H24N2O4S/c1-10(19(2,16)17)12(15)14-6-3-9-18-11-4-7-13-8-5-11/h10-11,13H,3-9H2,1-2H3,(H,14,15). The van der Waals surface area contributed by atoms with Crippen LogP contribution in [-0.4, -0.2) is 58.2 Å². The number of hydrogen-bond donors (Lipinski definition) is 2. The highest BCUT2D eigenvalue weighted by Crippen LogP contribution is 2.07. The Hall–Kier alpha value is -0.660. The fourth-order valence-corrected chi connectivity index (χ4v) is 2.31. The van der Waals surface area contributed by atoms with Gasteiger partial charge in [-0.1, -0.05) is 0 Å². The third-order valence-electron chi connectivity index (χ3n) is 3.27.